The first kappa shape index (κ1) is 38.0. The Morgan fingerprint density at radius 1 is 1.04 bits per heavy atom. The number of esters is 1. The standard InChI is InChI=1S/C38H54F3N5O3Si/c1-12-50(13-2,14-3)49-37(10,11)38(40,41)30-17-15-16-27(32(30)39)22(4)42-33-29-20-31(23(5)43-34(29)45-24(6)44-33)46-21-25-18-26(46)19-28(25)35(47)48-36(7,8)9/h15-17,20,22,25-26,28H,12-14,18-19,21H2,1-11H3,(H,42,43,44,45)/t22-,25+,26+,28?/m1/s1. The summed E-state index contributed by atoms with van der Waals surface area (Å²) in [6.07, 6.45) is 1.61. The lowest BCUT2D eigenvalue weighted by atomic mass is 9.91. The third-order valence-corrected chi connectivity index (χ3v) is 15.7. The normalized spacial score (nSPS) is 20.4. The summed E-state index contributed by atoms with van der Waals surface area (Å²) in [5.41, 5.74) is -0.799. The minimum atomic E-state index is -3.59. The van der Waals surface area contributed by atoms with E-state index in [-0.39, 0.29) is 29.4 Å². The van der Waals surface area contributed by atoms with Gasteiger partial charge in [-0.3, -0.25) is 4.79 Å². The number of aromatic nitrogens is 3. The number of hydrogen-bond donors (Lipinski definition) is 1. The maximum absolute atomic E-state index is 16.3. The Labute approximate surface area is 296 Å². The Kier molecular flexibility index (Phi) is 10.4. The Balaban J connectivity index is 1.43. The molecule has 1 unspecified atom stereocenters. The van der Waals surface area contributed by atoms with Crippen LogP contribution < -0.4 is 10.2 Å². The molecule has 1 saturated carbocycles. The molecule has 0 spiro atoms. The van der Waals surface area contributed by atoms with Crippen LogP contribution in [-0.4, -0.2) is 53.0 Å². The van der Waals surface area contributed by atoms with E-state index >= 15 is 13.2 Å². The minimum absolute atomic E-state index is 0.0951. The maximum atomic E-state index is 16.3. The third-order valence-electron chi connectivity index (χ3n) is 10.9. The number of carbonyl (C=O) groups excluding carboxylic acids is 1. The molecule has 2 fully saturated rings. The van der Waals surface area contributed by atoms with Gasteiger partial charge in [-0.05, 0) is 104 Å². The Hall–Kier alpha value is -3.25. The molecular weight excluding hydrogens is 660 g/mol. The number of halogens is 3. The topological polar surface area (TPSA) is 89.5 Å². The summed E-state index contributed by atoms with van der Waals surface area (Å²) >= 11 is 0. The number of carbonyl (C=O) groups is 1. The van der Waals surface area contributed by atoms with E-state index in [0.29, 0.717) is 53.8 Å². The van der Waals surface area contributed by atoms with Gasteiger partial charge < -0.3 is 19.4 Å². The maximum Gasteiger partial charge on any atom is 0.309 e. The number of aryl methyl sites for hydroxylation is 2. The van der Waals surface area contributed by atoms with Crippen LogP contribution in [0.3, 0.4) is 0 Å². The number of nitrogens with one attached hydrogen (secondary N) is 1. The molecule has 12 heteroatoms. The van der Waals surface area contributed by atoms with Gasteiger partial charge in [0, 0.05) is 18.2 Å². The molecule has 4 atom stereocenters. The van der Waals surface area contributed by atoms with Gasteiger partial charge in [-0.25, -0.2) is 19.3 Å². The summed E-state index contributed by atoms with van der Waals surface area (Å²) in [6, 6.07) is 7.72. The van der Waals surface area contributed by atoms with E-state index in [1.807, 2.05) is 54.5 Å². The zero-order valence-corrected chi connectivity index (χ0v) is 32.5. The summed E-state index contributed by atoms with van der Waals surface area (Å²) in [7, 11) is -2.43. The summed E-state index contributed by atoms with van der Waals surface area (Å²) < 4.78 is 60.8. The SMILES string of the molecule is CC[Si](CC)(CC)OC(C)(C)C(F)(F)c1cccc([C@@H](C)Nc2nc(C)nc3nc(C)c(N4C[C@@H]5C[C@H]4CC5C(=O)OC(C)(C)C)cc23)c1F. The highest BCUT2D eigenvalue weighted by atomic mass is 28.4. The summed E-state index contributed by atoms with van der Waals surface area (Å²) in [5, 5.41) is 3.95. The Morgan fingerprint density at radius 3 is 2.28 bits per heavy atom. The highest BCUT2D eigenvalue weighted by Gasteiger charge is 2.54. The second-order valence-corrected chi connectivity index (χ2v) is 20.5. The van der Waals surface area contributed by atoms with Crippen LogP contribution in [0, 0.1) is 31.5 Å². The third kappa shape index (κ3) is 7.11. The zero-order valence-electron chi connectivity index (χ0n) is 31.5. The van der Waals surface area contributed by atoms with Gasteiger partial charge in [-0.15, -0.1) is 0 Å². The van der Waals surface area contributed by atoms with Crippen LogP contribution in [-0.2, 0) is 19.9 Å². The fourth-order valence-electron chi connectivity index (χ4n) is 7.86. The van der Waals surface area contributed by atoms with Crippen molar-refractivity contribution in [3.63, 3.8) is 0 Å². The van der Waals surface area contributed by atoms with E-state index in [1.54, 1.807) is 13.8 Å². The fourth-order valence-corrected chi connectivity index (χ4v) is 11.0. The molecular formula is C38H54F3N5O3Si. The van der Waals surface area contributed by atoms with Crippen molar-refractivity contribution in [2.75, 3.05) is 16.8 Å². The van der Waals surface area contributed by atoms with Crippen LogP contribution in [0.2, 0.25) is 18.1 Å². The van der Waals surface area contributed by atoms with E-state index in [1.165, 1.54) is 26.0 Å². The summed E-state index contributed by atoms with van der Waals surface area (Å²) in [5.74, 6) is -3.72. The number of ether oxygens (including phenoxy) is 1. The summed E-state index contributed by atoms with van der Waals surface area (Å²) in [6.45, 7) is 20.5. The first-order valence-corrected chi connectivity index (χ1v) is 20.6. The lowest BCUT2D eigenvalue weighted by Gasteiger charge is -2.42. The molecule has 274 valence electrons. The van der Waals surface area contributed by atoms with Gasteiger partial charge in [0.05, 0.1) is 34.3 Å². The van der Waals surface area contributed by atoms with Crippen LogP contribution in [0.4, 0.5) is 24.7 Å². The van der Waals surface area contributed by atoms with Crippen molar-refractivity contribution in [3.05, 3.63) is 52.7 Å². The molecule has 1 aliphatic carbocycles. The van der Waals surface area contributed by atoms with E-state index in [4.69, 9.17) is 14.1 Å². The van der Waals surface area contributed by atoms with Crippen LogP contribution >= 0.6 is 0 Å². The van der Waals surface area contributed by atoms with Crippen molar-refractivity contribution in [3.8, 4) is 0 Å². The number of alkyl halides is 2. The quantitative estimate of drug-likeness (QED) is 0.147. The molecule has 5 rings (SSSR count). The number of piperidine rings is 1. The molecule has 1 aliphatic heterocycles. The average Bonchev–Trinajstić information content (AvgIpc) is 3.64. The molecule has 8 nitrogen and oxygen atoms in total. The second kappa shape index (κ2) is 13.7. The smallest absolute Gasteiger partial charge is 0.309 e. The van der Waals surface area contributed by atoms with Gasteiger partial charge in [-0.1, -0.05) is 32.9 Å². The van der Waals surface area contributed by atoms with Crippen molar-refractivity contribution in [2.45, 2.75) is 136 Å². The van der Waals surface area contributed by atoms with Crippen LogP contribution in [0.25, 0.3) is 11.0 Å². The molecule has 1 saturated heterocycles. The molecule has 2 bridgehead atoms. The monoisotopic (exact) mass is 713 g/mol. The first-order valence-electron chi connectivity index (χ1n) is 18.0. The first-order chi connectivity index (χ1) is 23.3. The van der Waals surface area contributed by atoms with Crippen LogP contribution in [0.1, 0.15) is 104 Å². The number of rotatable bonds is 12. The van der Waals surface area contributed by atoms with E-state index in [2.05, 4.69) is 20.2 Å². The van der Waals surface area contributed by atoms with Crippen molar-refractivity contribution in [1.82, 2.24) is 15.0 Å². The van der Waals surface area contributed by atoms with Crippen molar-refractivity contribution < 1.29 is 27.1 Å². The number of hydrogen-bond acceptors (Lipinski definition) is 8. The molecule has 3 heterocycles. The predicted molar refractivity (Wildman–Crippen MR) is 195 cm³/mol. The van der Waals surface area contributed by atoms with Crippen molar-refractivity contribution in [1.29, 1.82) is 0 Å². The molecule has 50 heavy (non-hydrogen) atoms. The lowest BCUT2D eigenvalue weighted by Crippen LogP contribution is -2.52. The molecule has 0 radical (unpaired) electrons. The van der Waals surface area contributed by atoms with Crippen molar-refractivity contribution in [2.24, 2.45) is 11.8 Å². The van der Waals surface area contributed by atoms with Gasteiger partial charge >= 0.3 is 11.9 Å². The number of anilines is 2. The summed E-state index contributed by atoms with van der Waals surface area (Å²) in [4.78, 5) is 29.3. The Bertz CT molecular complexity index is 1730. The van der Waals surface area contributed by atoms with Gasteiger partial charge in [0.1, 0.15) is 28.7 Å². The predicted octanol–water partition coefficient (Wildman–Crippen LogP) is 9.40. The fraction of sp³-hybridized carbons (Fsp3) is 0.632. The number of pyridine rings is 1. The number of benzene rings is 1. The molecule has 0 amide bonds. The highest BCUT2D eigenvalue weighted by Crippen LogP contribution is 2.48. The van der Waals surface area contributed by atoms with Gasteiger partial charge in [0.25, 0.3) is 0 Å². The minimum Gasteiger partial charge on any atom is -0.460 e. The van der Waals surface area contributed by atoms with Gasteiger partial charge in [0.15, 0.2) is 14.0 Å². The number of nitrogens with zero attached hydrogens (tertiary/aromatic N) is 4. The molecule has 3 aromatic rings. The average molecular weight is 714 g/mol. The Morgan fingerprint density at radius 2 is 1.70 bits per heavy atom. The van der Waals surface area contributed by atoms with Gasteiger partial charge in [-0.2, -0.15) is 8.78 Å². The van der Waals surface area contributed by atoms with E-state index in [9.17, 15) is 4.79 Å². The molecule has 2 aliphatic rings. The van der Waals surface area contributed by atoms with Crippen LogP contribution in [0.5, 0.6) is 0 Å². The molecule has 1 aromatic carbocycles. The molecule has 1 N–H and O–H groups in total. The lowest BCUT2D eigenvalue weighted by molar-refractivity contribution is -0.161. The molecule has 2 aromatic heterocycles. The van der Waals surface area contributed by atoms with Crippen molar-refractivity contribution >= 4 is 36.8 Å². The number of fused-ring (bicyclic) bond motifs is 3. The highest BCUT2D eigenvalue weighted by molar-refractivity contribution is 6.73. The van der Waals surface area contributed by atoms with Gasteiger partial charge in [0.2, 0.25) is 0 Å². The van der Waals surface area contributed by atoms with Crippen LogP contribution in [0.15, 0.2) is 24.3 Å². The van der Waals surface area contributed by atoms with E-state index in [0.717, 1.165) is 23.9 Å². The zero-order chi connectivity index (χ0) is 37.0. The van der Waals surface area contributed by atoms with E-state index < -0.39 is 42.9 Å². The second-order valence-electron chi connectivity index (χ2n) is 15.8. The largest absolute Gasteiger partial charge is 0.460 e.